The monoisotopic (exact) mass is 404 g/mol. The van der Waals surface area contributed by atoms with Gasteiger partial charge in [-0.25, -0.2) is 9.67 Å². The third kappa shape index (κ3) is 3.96. The molecule has 28 heavy (non-hydrogen) atoms. The van der Waals surface area contributed by atoms with E-state index in [2.05, 4.69) is 34.2 Å². The van der Waals surface area contributed by atoms with E-state index in [1.807, 2.05) is 29.0 Å². The highest BCUT2D eigenvalue weighted by Gasteiger charge is 2.22. The Labute approximate surface area is 168 Å². The van der Waals surface area contributed by atoms with Crippen molar-refractivity contribution in [2.45, 2.75) is 53.0 Å². The Balaban J connectivity index is 2.09. The lowest BCUT2D eigenvalue weighted by molar-refractivity contribution is -0.143. The minimum absolute atomic E-state index is 0.155. The van der Waals surface area contributed by atoms with Gasteiger partial charge in [0.1, 0.15) is 18.1 Å². The van der Waals surface area contributed by atoms with Crippen LogP contribution in [-0.4, -0.2) is 42.8 Å². The minimum atomic E-state index is -0.237. The molecule has 0 saturated carbocycles. The Morgan fingerprint density at radius 1 is 1.36 bits per heavy atom. The van der Waals surface area contributed by atoms with Crippen LogP contribution in [0.1, 0.15) is 51.4 Å². The molecule has 1 unspecified atom stereocenters. The lowest BCUT2D eigenvalue weighted by Crippen LogP contribution is -2.26. The number of halogens is 1. The maximum absolute atomic E-state index is 11.5. The fourth-order valence-electron chi connectivity index (χ4n) is 2.94. The van der Waals surface area contributed by atoms with Gasteiger partial charge in [0, 0.05) is 24.5 Å². The van der Waals surface area contributed by atoms with Gasteiger partial charge in [0.25, 0.3) is 0 Å². The zero-order valence-corrected chi connectivity index (χ0v) is 17.5. The maximum atomic E-state index is 11.5. The first-order valence-corrected chi connectivity index (χ1v) is 9.71. The van der Waals surface area contributed by atoms with Crippen molar-refractivity contribution in [1.82, 2.24) is 24.1 Å². The van der Waals surface area contributed by atoms with Crippen molar-refractivity contribution in [2.24, 2.45) is 0 Å². The van der Waals surface area contributed by atoms with Crippen LogP contribution in [0.4, 0.5) is 5.82 Å². The van der Waals surface area contributed by atoms with Gasteiger partial charge in [0.15, 0.2) is 5.15 Å². The normalized spacial score (nSPS) is 12.5. The summed E-state index contributed by atoms with van der Waals surface area (Å²) < 4.78 is 8.90. The molecule has 3 rings (SSSR count). The minimum Gasteiger partial charge on any atom is -0.464 e. The molecule has 9 heteroatoms. The standard InChI is InChI=1S/C19H25ClN6O2/c1-6-15(27)28-10-13(5)22-18-16(17(20)23-19-21-7-8-25(18)19)26-14(11(2)3)9-12(4)24-26/h7-9,11,13,22H,6,10H2,1-5H3. The molecule has 0 bridgehead atoms. The number of ether oxygens (including phenoxy) is 1. The second-order valence-corrected chi connectivity index (χ2v) is 7.41. The van der Waals surface area contributed by atoms with Gasteiger partial charge in [0.2, 0.25) is 5.78 Å². The molecular formula is C19H25ClN6O2. The highest BCUT2D eigenvalue weighted by molar-refractivity contribution is 6.31. The first kappa shape index (κ1) is 20.1. The number of fused-ring (bicyclic) bond motifs is 1. The van der Waals surface area contributed by atoms with E-state index in [1.165, 1.54) is 0 Å². The van der Waals surface area contributed by atoms with Crippen LogP contribution < -0.4 is 5.32 Å². The number of nitrogens with one attached hydrogen (secondary N) is 1. The van der Waals surface area contributed by atoms with E-state index in [4.69, 9.17) is 16.3 Å². The second kappa shape index (κ2) is 8.18. The number of hydrogen-bond acceptors (Lipinski definition) is 6. The van der Waals surface area contributed by atoms with Crippen LogP contribution in [-0.2, 0) is 9.53 Å². The summed E-state index contributed by atoms with van der Waals surface area (Å²) in [6.45, 7) is 10.1. The molecule has 0 aliphatic heterocycles. The summed E-state index contributed by atoms with van der Waals surface area (Å²) >= 11 is 6.57. The second-order valence-electron chi connectivity index (χ2n) is 7.06. The summed E-state index contributed by atoms with van der Waals surface area (Å²) in [6, 6.07) is 1.88. The van der Waals surface area contributed by atoms with Gasteiger partial charge in [-0.05, 0) is 25.8 Å². The molecule has 0 spiro atoms. The number of carbonyl (C=O) groups is 1. The number of aromatic nitrogens is 5. The number of nitrogens with zero attached hydrogens (tertiary/aromatic N) is 5. The van der Waals surface area contributed by atoms with Crippen LogP contribution >= 0.6 is 11.6 Å². The summed E-state index contributed by atoms with van der Waals surface area (Å²) in [4.78, 5) is 20.1. The van der Waals surface area contributed by atoms with E-state index in [1.54, 1.807) is 19.3 Å². The lowest BCUT2D eigenvalue weighted by atomic mass is 10.1. The van der Waals surface area contributed by atoms with E-state index in [0.717, 1.165) is 11.4 Å². The van der Waals surface area contributed by atoms with Gasteiger partial charge in [-0.1, -0.05) is 32.4 Å². The first-order chi connectivity index (χ1) is 13.3. The number of imidazole rings is 1. The smallest absolute Gasteiger partial charge is 0.305 e. The highest BCUT2D eigenvalue weighted by atomic mass is 35.5. The first-order valence-electron chi connectivity index (χ1n) is 9.33. The Kier molecular flexibility index (Phi) is 5.88. The van der Waals surface area contributed by atoms with E-state index < -0.39 is 0 Å². The quantitative estimate of drug-likeness (QED) is 0.476. The largest absolute Gasteiger partial charge is 0.464 e. The molecule has 150 valence electrons. The summed E-state index contributed by atoms with van der Waals surface area (Å²) in [7, 11) is 0. The predicted molar refractivity (Wildman–Crippen MR) is 108 cm³/mol. The molecule has 8 nitrogen and oxygen atoms in total. The summed E-state index contributed by atoms with van der Waals surface area (Å²) in [5.74, 6) is 1.17. The fraction of sp³-hybridized carbons (Fsp3) is 0.474. The fourth-order valence-corrected chi connectivity index (χ4v) is 3.18. The molecule has 1 atom stereocenters. The topological polar surface area (TPSA) is 86.3 Å². The number of aryl methyl sites for hydroxylation is 1. The SMILES string of the molecule is CCC(=O)OCC(C)Nc1c(-n2nc(C)cc2C(C)C)c(Cl)nc2nccn12. The van der Waals surface area contributed by atoms with Gasteiger partial charge in [-0.15, -0.1) is 0 Å². The van der Waals surface area contributed by atoms with E-state index >= 15 is 0 Å². The molecule has 0 fully saturated rings. The van der Waals surface area contributed by atoms with Crippen molar-refractivity contribution < 1.29 is 9.53 Å². The molecule has 3 aromatic rings. The van der Waals surface area contributed by atoms with Crippen molar-refractivity contribution >= 4 is 29.2 Å². The van der Waals surface area contributed by atoms with Crippen molar-refractivity contribution in [3.63, 3.8) is 0 Å². The molecule has 3 aromatic heterocycles. The van der Waals surface area contributed by atoms with Crippen LogP contribution in [0, 0.1) is 6.92 Å². The third-order valence-electron chi connectivity index (χ3n) is 4.31. The van der Waals surface area contributed by atoms with Crippen molar-refractivity contribution in [3.05, 3.63) is 35.0 Å². The number of anilines is 1. The molecule has 0 saturated heterocycles. The third-order valence-corrected chi connectivity index (χ3v) is 4.57. The van der Waals surface area contributed by atoms with Gasteiger partial charge in [-0.2, -0.15) is 10.1 Å². The summed E-state index contributed by atoms with van der Waals surface area (Å²) in [6.07, 6.45) is 3.81. The zero-order valence-electron chi connectivity index (χ0n) is 16.7. The average Bonchev–Trinajstić information content (AvgIpc) is 3.25. The zero-order chi connectivity index (χ0) is 20.4. The van der Waals surface area contributed by atoms with Crippen LogP contribution in [0.25, 0.3) is 11.5 Å². The Bertz CT molecular complexity index is 994. The van der Waals surface area contributed by atoms with Crippen LogP contribution in [0.3, 0.4) is 0 Å². The number of hydrogen-bond donors (Lipinski definition) is 1. The van der Waals surface area contributed by atoms with Crippen LogP contribution in [0.15, 0.2) is 18.5 Å². The molecule has 0 aromatic carbocycles. The van der Waals surface area contributed by atoms with E-state index in [0.29, 0.717) is 28.9 Å². The maximum Gasteiger partial charge on any atom is 0.305 e. The molecule has 0 amide bonds. The van der Waals surface area contributed by atoms with Crippen molar-refractivity contribution in [1.29, 1.82) is 0 Å². The van der Waals surface area contributed by atoms with E-state index in [-0.39, 0.29) is 24.5 Å². The molecular weight excluding hydrogens is 380 g/mol. The number of esters is 1. The van der Waals surface area contributed by atoms with Crippen LogP contribution in [0.2, 0.25) is 5.15 Å². The van der Waals surface area contributed by atoms with E-state index in [9.17, 15) is 4.79 Å². The molecule has 0 aliphatic rings. The van der Waals surface area contributed by atoms with Gasteiger partial charge in [-0.3, -0.25) is 9.20 Å². The Morgan fingerprint density at radius 2 is 2.11 bits per heavy atom. The number of rotatable bonds is 7. The molecule has 1 N–H and O–H groups in total. The molecule has 0 radical (unpaired) electrons. The van der Waals surface area contributed by atoms with Gasteiger partial charge >= 0.3 is 5.97 Å². The van der Waals surface area contributed by atoms with Gasteiger partial charge in [0.05, 0.1) is 11.7 Å². The lowest BCUT2D eigenvalue weighted by Gasteiger charge is -2.21. The molecule has 0 aliphatic carbocycles. The average molecular weight is 405 g/mol. The summed E-state index contributed by atoms with van der Waals surface area (Å²) in [5, 5.41) is 8.33. The van der Waals surface area contributed by atoms with Crippen molar-refractivity contribution in [2.75, 3.05) is 11.9 Å². The number of carbonyl (C=O) groups excluding carboxylic acids is 1. The Hall–Kier alpha value is -2.61. The van der Waals surface area contributed by atoms with Crippen molar-refractivity contribution in [3.8, 4) is 5.69 Å². The highest BCUT2D eigenvalue weighted by Crippen LogP contribution is 2.31. The van der Waals surface area contributed by atoms with Gasteiger partial charge < -0.3 is 10.1 Å². The molecule has 3 heterocycles. The van der Waals surface area contributed by atoms with Crippen LogP contribution in [0.5, 0.6) is 0 Å². The summed E-state index contributed by atoms with van der Waals surface area (Å²) in [5.41, 5.74) is 2.55. The predicted octanol–water partition coefficient (Wildman–Crippen LogP) is 3.75. The Morgan fingerprint density at radius 3 is 2.79 bits per heavy atom.